The highest BCUT2D eigenvalue weighted by Crippen LogP contribution is 2.38. The van der Waals surface area contributed by atoms with Crippen LogP contribution in [0.15, 0.2) is 12.2 Å². The third-order valence-corrected chi connectivity index (χ3v) is 3.22. The second kappa shape index (κ2) is 4.30. The monoisotopic (exact) mass is 253 g/mol. The SMILES string of the molecule is COC(=O)[C@H]1C[C@H]2C=C[C@@H]1N2C(=O)OC(C)(C)C. The van der Waals surface area contributed by atoms with Crippen molar-refractivity contribution in [3.05, 3.63) is 12.2 Å². The van der Waals surface area contributed by atoms with Crippen molar-refractivity contribution in [2.24, 2.45) is 5.92 Å². The molecule has 100 valence electrons. The zero-order valence-electron chi connectivity index (χ0n) is 11.2. The molecule has 18 heavy (non-hydrogen) atoms. The molecule has 2 aliphatic rings. The normalized spacial score (nSPS) is 29.6. The molecule has 0 aromatic carbocycles. The predicted octanol–water partition coefficient (Wildman–Crippen LogP) is 1.72. The molecule has 0 radical (unpaired) electrons. The fourth-order valence-corrected chi connectivity index (χ4v) is 2.53. The average molecular weight is 253 g/mol. The lowest BCUT2D eigenvalue weighted by Gasteiger charge is -2.27. The summed E-state index contributed by atoms with van der Waals surface area (Å²) in [4.78, 5) is 25.3. The van der Waals surface area contributed by atoms with Gasteiger partial charge in [-0.3, -0.25) is 9.69 Å². The fraction of sp³-hybridized carbons (Fsp3) is 0.692. The van der Waals surface area contributed by atoms with Crippen LogP contribution in [0.5, 0.6) is 0 Å². The van der Waals surface area contributed by atoms with Crippen LogP contribution in [0.1, 0.15) is 27.2 Å². The van der Waals surface area contributed by atoms with Gasteiger partial charge in [0.25, 0.3) is 0 Å². The van der Waals surface area contributed by atoms with Gasteiger partial charge >= 0.3 is 12.1 Å². The summed E-state index contributed by atoms with van der Waals surface area (Å²) in [6.45, 7) is 5.48. The van der Waals surface area contributed by atoms with E-state index in [1.54, 1.807) is 4.90 Å². The number of carbonyl (C=O) groups excluding carboxylic acids is 2. The first-order chi connectivity index (χ1) is 8.33. The molecule has 1 amide bonds. The second-order valence-corrected chi connectivity index (χ2v) is 5.70. The van der Waals surface area contributed by atoms with E-state index in [-0.39, 0.29) is 30.1 Å². The van der Waals surface area contributed by atoms with Crippen molar-refractivity contribution in [2.45, 2.75) is 44.9 Å². The van der Waals surface area contributed by atoms with Crippen LogP contribution in [0.3, 0.4) is 0 Å². The van der Waals surface area contributed by atoms with Gasteiger partial charge in [-0.1, -0.05) is 12.2 Å². The van der Waals surface area contributed by atoms with Crippen LogP contribution in [0.25, 0.3) is 0 Å². The van der Waals surface area contributed by atoms with Gasteiger partial charge in [-0.15, -0.1) is 0 Å². The highest BCUT2D eigenvalue weighted by atomic mass is 16.6. The lowest BCUT2D eigenvalue weighted by Crippen LogP contribution is -2.41. The van der Waals surface area contributed by atoms with E-state index in [0.29, 0.717) is 6.42 Å². The van der Waals surface area contributed by atoms with Gasteiger partial charge in [-0.2, -0.15) is 0 Å². The van der Waals surface area contributed by atoms with E-state index >= 15 is 0 Å². The Bertz CT molecular complexity index is 396. The molecule has 2 heterocycles. The summed E-state index contributed by atoms with van der Waals surface area (Å²) >= 11 is 0. The van der Waals surface area contributed by atoms with Crippen LogP contribution in [-0.4, -0.2) is 41.8 Å². The van der Waals surface area contributed by atoms with E-state index in [0.717, 1.165) is 0 Å². The Morgan fingerprint density at radius 1 is 1.28 bits per heavy atom. The summed E-state index contributed by atoms with van der Waals surface area (Å²) < 4.78 is 10.1. The molecule has 0 saturated carbocycles. The van der Waals surface area contributed by atoms with Crippen LogP contribution in [0.2, 0.25) is 0 Å². The van der Waals surface area contributed by atoms with Crippen LogP contribution < -0.4 is 0 Å². The first-order valence-corrected chi connectivity index (χ1v) is 6.11. The maximum Gasteiger partial charge on any atom is 0.411 e. The van der Waals surface area contributed by atoms with Crippen molar-refractivity contribution < 1.29 is 19.1 Å². The Kier molecular flexibility index (Phi) is 3.09. The second-order valence-electron chi connectivity index (χ2n) is 5.70. The summed E-state index contributed by atoms with van der Waals surface area (Å²) in [5.41, 5.74) is -0.528. The molecule has 0 unspecified atom stereocenters. The third-order valence-electron chi connectivity index (χ3n) is 3.22. The minimum Gasteiger partial charge on any atom is -0.469 e. The Hall–Kier alpha value is -1.52. The molecule has 0 N–H and O–H groups in total. The topological polar surface area (TPSA) is 55.8 Å². The minimum atomic E-state index is -0.528. The maximum atomic E-state index is 12.1. The van der Waals surface area contributed by atoms with Crippen LogP contribution in [-0.2, 0) is 14.3 Å². The zero-order chi connectivity index (χ0) is 13.5. The molecule has 0 aliphatic carbocycles. The molecule has 1 saturated heterocycles. The number of hydrogen-bond donors (Lipinski definition) is 0. The standard InChI is InChI=1S/C13H19NO4/c1-13(2,3)18-12(16)14-8-5-6-10(14)9(7-8)11(15)17-4/h5-6,8-10H,7H2,1-4H3/t8-,9+,10+/m1/s1. The highest BCUT2D eigenvalue weighted by Gasteiger charge is 2.50. The van der Waals surface area contributed by atoms with E-state index < -0.39 is 5.60 Å². The van der Waals surface area contributed by atoms with Crippen molar-refractivity contribution in [2.75, 3.05) is 7.11 Å². The zero-order valence-corrected chi connectivity index (χ0v) is 11.2. The van der Waals surface area contributed by atoms with Crippen LogP contribution in [0.4, 0.5) is 4.79 Å². The van der Waals surface area contributed by atoms with Crippen molar-refractivity contribution >= 4 is 12.1 Å². The molecule has 2 aliphatic heterocycles. The first kappa shape index (κ1) is 12.9. The van der Waals surface area contributed by atoms with Crippen molar-refractivity contribution in [3.63, 3.8) is 0 Å². The van der Waals surface area contributed by atoms with E-state index in [4.69, 9.17) is 9.47 Å². The van der Waals surface area contributed by atoms with Gasteiger partial charge in [-0.25, -0.2) is 4.79 Å². The number of ether oxygens (including phenoxy) is 2. The molecule has 1 fully saturated rings. The van der Waals surface area contributed by atoms with Crippen molar-refractivity contribution in [3.8, 4) is 0 Å². The number of rotatable bonds is 1. The van der Waals surface area contributed by atoms with Crippen LogP contribution in [0, 0.1) is 5.92 Å². The van der Waals surface area contributed by atoms with Crippen LogP contribution >= 0.6 is 0 Å². The van der Waals surface area contributed by atoms with E-state index in [1.165, 1.54) is 7.11 Å². The van der Waals surface area contributed by atoms with Gasteiger partial charge in [0.05, 0.1) is 25.1 Å². The molecule has 0 spiro atoms. The quantitative estimate of drug-likeness (QED) is 0.527. The molecular formula is C13H19NO4. The number of hydrogen-bond acceptors (Lipinski definition) is 4. The number of amides is 1. The number of nitrogens with zero attached hydrogens (tertiary/aromatic N) is 1. The Morgan fingerprint density at radius 2 is 1.94 bits per heavy atom. The van der Waals surface area contributed by atoms with Crippen molar-refractivity contribution in [1.29, 1.82) is 0 Å². The van der Waals surface area contributed by atoms with E-state index in [9.17, 15) is 9.59 Å². The minimum absolute atomic E-state index is 0.0473. The van der Waals surface area contributed by atoms with Gasteiger partial charge in [0, 0.05) is 0 Å². The molecule has 2 bridgehead atoms. The van der Waals surface area contributed by atoms with Crippen molar-refractivity contribution in [1.82, 2.24) is 4.90 Å². The summed E-state index contributed by atoms with van der Waals surface area (Å²) in [6, 6.07) is -0.272. The smallest absolute Gasteiger partial charge is 0.411 e. The largest absolute Gasteiger partial charge is 0.469 e. The van der Waals surface area contributed by atoms with Gasteiger partial charge in [0.15, 0.2) is 0 Å². The molecule has 0 aromatic rings. The van der Waals surface area contributed by atoms with E-state index in [1.807, 2.05) is 32.9 Å². The summed E-state index contributed by atoms with van der Waals surface area (Å²) in [5, 5.41) is 0. The maximum absolute atomic E-state index is 12.1. The van der Waals surface area contributed by atoms with Gasteiger partial charge in [0.1, 0.15) is 5.60 Å². The Morgan fingerprint density at radius 3 is 2.50 bits per heavy atom. The fourth-order valence-electron chi connectivity index (χ4n) is 2.53. The summed E-state index contributed by atoms with van der Waals surface area (Å²) in [7, 11) is 1.37. The number of carbonyl (C=O) groups is 2. The predicted molar refractivity (Wildman–Crippen MR) is 64.9 cm³/mol. The first-order valence-electron chi connectivity index (χ1n) is 6.11. The Balaban J connectivity index is 2.09. The lowest BCUT2D eigenvalue weighted by molar-refractivity contribution is -0.145. The van der Waals surface area contributed by atoms with Gasteiger partial charge in [0.2, 0.25) is 0 Å². The van der Waals surface area contributed by atoms with Gasteiger partial charge in [-0.05, 0) is 27.2 Å². The van der Waals surface area contributed by atoms with E-state index in [2.05, 4.69) is 0 Å². The molecule has 5 nitrogen and oxygen atoms in total. The summed E-state index contributed by atoms with van der Waals surface area (Å²) in [5.74, 6) is -0.530. The number of methoxy groups -OCH3 is 1. The molecule has 3 atom stereocenters. The average Bonchev–Trinajstić information content (AvgIpc) is 2.82. The lowest BCUT2D eigenvalue weighted by atomic mass is 9.94. The van der Waals surface area contributed by atoms with Gasteiger partial charge < -0.3 is 9.47 Å². The molecule has 0 aromatic heterocycles. The number of esters is 1. The Labute approximate surface area is 107 Å². The summed E-state index contributed by atoms with van der Waals surface area (Å²) in [6.07, 6.45) is 4.09. The molecular weight excluding hydrogens is 234 g/mol. The highest BCUT2D eigenvalue weighted by molar-refractivity contribution is 5.79. The molecule has 5 heteroatoms. The third kappa shape index (κ3) is 2.21. The molecule has 2 rings (SSSR count). The number of fused-ring (bicyclic) bond motifs is 2.